The lowest BCUT2D eigenvalue weighted by Gasteiger charge is -2.10. The van der Waals surface area contributed by atoms with Gasteiger partial charge >= 0.3 is 0 Å². The summed E-state index contributed by atoms with van der Waals surface area (Å²) in [6.07, 6.45) is 1.97. The van der Waals surface area contributed by atoms with E-state index in [2.05, 4.69) is 0 Å². The van der Waals surface area contributed by atoms with Crippen LogP contribution in [-0.4, -0.2) is 5.78 Å². The van der Waals surface area contributed by atoms with E-state index < -0.39 is 0 Å². The number of benzene rings is 2. The summed E-state index contributed by atoms with van der Waals surface area (Å²) < 4.78 is 0. The topological polar surface area (TPSA) is 17.1 Å². The van der Waals surface area contributed by atoms with Crippen molar-refractivity contribution in [1.29, 1.82) is 0 Å². The van der Waals surface area contributed by atoms with Gasteiger partial charge in [0.1, 0.15) is 0 Å². The average molecular weight is 250 g/mol. The van der Waals surface area contributed by atoms with Gasteiger partial charge in [-0.15, -0.1) is 0 Å². The molecule has 96 valence electrons. The minimum absolute atomic E-state index is 0.00447. The molecule has 0 aliphatic heterocycles. The first kappa shape index (κ1) is 13.3. The van der Waals surface area contributed by atoms with Crippen molar-refractivity contribution < 1.29 is 4.79 Å². The van der Waals surface area contributed by atoms with Gasteiger partial charge < -0.3 is 0 Å². The van der Waals surface area contributed by atoms with Crippen LogP contribution in [0.5, 0.6) is 0 Å². The third-order valence-electron chi connectivity index (χ3n) is 2.99. The van der Waals surface area contributed by atoms with Crippen molar-refractivity contribution in [1.82, 2.24) is 0 Å². The first-order chi connectivity index (χ1) is 9.18. The lowest BCUT2D eigenvalue weighted by Crippen LogP contribution is -2.09. The van der Waals surface area contributed by atoms with E-state index in [0.717, 1.165) is 16.7 Å². The summed E-state index contributed by atoms with van der Waals surface area (Å²) in [6, 6.07) is 19.8. The van der Waals surface area contributed by atoms with E-state index in [9.17, 15) is 4.79 Å². The van der Waals surface area contributed by atoms with Gasteiger partial charge in [0.25, 0.3) is 0 Å². The number of ketones is 1. The van der Waals surface area contributed by atoms with Crippen LogP contribution in [0.1, 0.15) is 25.0 Å². The van der Waals surface area contributed by atoms with Crippen LogP contribution in [0.3, 0.4) is 0 Å². The Kier molecular flexibility index (Phi) is 4.30. The normalized spacial score (nSPS) is 11.6. The smallest absolute Gasteiger partial charge is 0.166 e. The molecule has 2 rings (SSSR count). The largest absolute Gasteiger partial charge is 0.294 e. The molecule has 2 aromatic carbocycles. The molecule has 0 spiro atoms. The standard InChI is InChI=1S/C18H18O/c1-14(2)18(19)17(16-11-7-4-8-12-16)13-15-9-5-3-6-10-15/h3-14H,1-2H3/b17-13+. The van der Waals surface area contributed by atoms with Gasteiger partial charge in [-0.05, 0) is 17.2 Å². The maximum atomic E-state index is 12.4. The highest BCUT2D eigenvalue weighted by Gasteiger charge is 2.15. The molecule has 1 heteroatoms. The van der Waals surface area contributed by atoms with Gasteiger partial charge in [0.2, 0.25) is 0 Å². The molecule has 0 saturated carbocycles. The maximum Gasteiger partial charge on any atom is 0.166 e. The quantitative estimate of drug-likeness (QED) is 0.578. The second kappa shape index (κ2) is 6.14. The van der Waals surface area contributed by atoms with E-state index in [1.165, 1.54) is 0 Å². The van der Waals surface area contributed by atoms with Crippen LogP contribution < -0.4 is 0 Å². The molecule has 0 unspecified atom stereocenters. The Morgan fingerprint density at radius 3 is 1.95 bits per heavy atom. The second-order valence-corrected chi connectivity index (χ2v) is 4.85. The van der Waals surface area contributed by atoms with Gasteiger partial charge in [0.05, 0.1) is 0 Å². The fourth-order valence-electron chi connectivity index (χ4n) is 1.94. The predicted octanol–water partition coefficient (Wildman–Crippen LogP) is 4.45. The summed E-state index contributed by atoms with van der Waals surface area (Å²) in [4.78, 5) is 12.4. The van der Waals surface area contributed by atoms with Gasteiger partial charge in [0, 0.05) is 11.5 Å². The van der Waals surface area contributed by atoms with Crippen LogP contribution in [0.15, 0.2) is 60.7 Å². The number of hydrogen-bond donors (Lipinski definition) is 0. The third kappa shape index (κ3) is 3.41. The van der Waals surface area contributed by atoms with Gasteiger partial charge in [-0.2, -0.15) is 0 Å². The van der Waals surface area contributed by atoms with Crippen molar-refractivity contribution in [3.8, 4) is 0 Å². The Hall–Kier alpha value is -2.15. The van der Waals surface area contributed by atoms with Crippen LogP contribution in [0, 0.1) is 5.92 Å². The Balaban J connectivity index is 2.47. The lowest BCUT2D eigenvalue weighted by atomic mass is 9.93. The van der Waals surface area contributed by atoms with E-state index in [1.807, 2.05) is 80.6 Å². The summed E-state index contributed by atoms with van der Waals surface area (Å²) in [6.45, 7) is 3.87. The highest BCUT2D eigenvalue weighted by Crippen LogP contribution is 2.22. The number of hydrogen-bond acceptors (Lipinski definition) is 1. The zero-order chi connectivity index (χ0) is 13.7. The van der Waals surface area contributed by atoms with Crippen LogP contribution in [0.2, 0.25) is 0 Å². The molecule has 19 heavy (non-hydrogen) atoms. The van der Waals surface area contributed by atoms with Crippen molar-refractivity contribution in [3.05, 3.63) is 71.8 Å². The van der Waals surface area contributed by atoms with Crippen molar-refractivity contribution in [2.75, 3.05) is 0 Å². The average Bonchev–Trinajstić information content (AvgIpc) is 2.46. The molecule has 0 atom stereocenters. The molecule has 0 aromatic heterocycles. The third-order valence-corrected chi connectivity index (χ3v) is 2.99. The molecule has 0 saturated heterocycles. The SMILES string of the molecule is CC(C)C(=O)/C(=C/c1ccccc1)c1ccccc1. The molecule has 0 aliphatic carbocycles. The molecule has 0 N–H and O–H groups in total. The van der Waals surface area contributed by atoms with Crippen LogP contribution in [0.4, 0.5) is 0 Å². The molecular formula is C18H18O. The Bertz CT molecular complexity index is 565. The number of carbonyl (C=O) groups excluding carboxylic acids is 1. The predicted molar refractivity (Wildman–Crippen MR) is 80.6 cm³/mol. The molecule has 0 bridgehead atoms. The Labute approximate surface area is 114 Å². The molecule has 0 fully saturated rings. The summed E-state index contributed by atoms with van der Waals surface area (Å²) in [5.74, 6) is 0.172. The zero-order valence-electron chi connectivity index (χ0n) is 11.3. The highest BCUT2D eigenvalue weighted by atomic mass is 16.1. The van der Waals surface area contributed by atoms with Gasteiger partial charge in [-0.25, -0.2) is 0 Å². The summed E-state index contributed by atoms with van der Waals surface area (Å²) in [5, 5.41) is 0. The summed E-state index contributed by atoms with van der Waals surface area (Å²) in [5.41, 5.74) is 2.81. The summed E-state index contributed by atoms with van der Waals surface area (Å²) >= 11 is 0. The molecule has 0 amide bonds. The van der Waals surface area contributed by atoms with E-state index in [4.69, 9.17) is 0 Å². The number of Topliss-reactive ketones (excluding diaryl/α,β-unsaturated/α-hetero) is 1. The minimum Gasteiger partial charge on any atom is -0.294 e. The number of allylic oxidation sites excluding steroid dienone is 1. The number of carbonyl (C=O) groups is 1. The summed E-state index contributed by atoms with van der Waals surface area (Å²) in [7, 11) is 0. The first-order valence-electron chi connectivity index (χ1n) is 6.55. The van der Waals surface area contributed by atoms with E-state index >= 15 is 0 Å². The van der Waals surface area contributed by atoms with E-state index in [0.29, 0.717) is 0 Å². The molecule has 0 aliphatic rings. The van der Waals surface area contributed by atoms with Crippen molar-refractivity contribution in [2.24, 2.45) is 5.92 Å². The first-order valence-corrected chi connectivity index (χ1v) is 6.55. The molecule has 0 heterocycles. The van der Waals surface area contributed by atoms with Crippen LogP contribution in [0.25, 0.3) is 11.6 Å². The monoisotopic (exact) mass is 250 g/mol. The van der Waals surface area contributed by atoms with Crippen molar-refractivity contribution in [3.63, 3.8) is 0 Å². The fraction of sp³-hybridized carbons (Fsp3) is 0.167. The van der Waals surface area contributed by atoms with Crippen molar-refractivity contribution >= 4 is 17.4 Å². The zero-order valence-corrected chi connectivity index (χ0v) is 11.3. The molecule has 1 nitrogen and oxygen atoms in total. The van der Waals surface area contributed by atoms with E-state index in [1.54, 1.807) is 0 Å². The Morgan fingerprint density at radius 2 is 1.42 bits per heavy atom. The lowest BCUT2D eigenvalue weighted by molar-refractivity contribution is -0.116. The Morgan fingerprint density at radius 1 is 0.895 bits per heavy atom. The van der Waals surface area contributed by atoms with Gasteiger partial charge in [0.15, 0.2) is 5.78 Å². The second-order valence-electron chi connectivity index (χ2n) is 4.85. The minimum atomic E-state index is -0.00447. The van der Waals surface area contributed by atoms with Gasteiger partial charge in [-0.3, -0.25) is 4.79 Å². The molecule has 0 radical (unpaired) electrons. The molecule has 2 aromatic rings. The van der Waals surface area contributed by atoms with E-state index in [-0.39, 0.29) is 11.7 Å². The number of rotatable bonds is 4. The molecular weight excluding hydrogens is 232 g/mol. The van der Waals surface area contributed by atoms with Gasteiger partial charge in [-0.1, -0.05) is 74.5 Å². The maximum absolute atomic E-state index is 12.4. The fourth-order valence-corrected chi connectivity index (χ4v) is 1.94. The van der Waals surface area contributed by atoms with Crippen LogP contribution >= 0.6 is 0 Å². The highest BCUT2D eigenvalue weighted by molar-refractivity contribution is 6.25. The van der Waals surface area contributed by atoms with Crippen molar-refractivity contribution in [2.45, 2.75) is 13.8 Å². The van der Waals surface area contributed by atoms with Crippen LogP contribution in [-0.2, 0) is 4.79 Å².